The summed E-state index contributed by atoms with van der Waals surface area (Å²) >= 11 is 1.72. The predicted molar refractivity (Wildman–Crippen MR) is 59.7 cm³/mol. The van der Waals surface area contributed by atoms with Crippen LogP contribution in [0.25, 0.3) is 0 Å². The summed E-state index contributed by atoms with van der Waals surface area (Å²) in [5.74, 6) is 0.599. The number of likely N-dealkylation sites (tertiary alicyclic amines) is 1. The van der Waals surface area contributed by atoms with Gasteiger partial charge in [-0.3, -0.25) is 4.79 Å². The summed E-state index contributed by atoms with van der Waals surface area (Å²) in [7, 11) is 1.37. The number of thioether (sulfide) groups is 1. The topological polar surface area (TPSA) is 46.6 Å². The van der Waals surface area contributed by atoms with Crippen molar-refractivity contribution in [2.75, 3.05) is 19.4 Å². The number of nitrogens with zero attached hydrogens (tertiary/aromatic N) is 1. The van der Waals surface area contributed by atoms with E-state index < -0.39 is 6.04 Å². The minimum Gasteiger partial charge on any atom is -0.467 e. The molecule has 1 aliphatic heterocycles. The van der Waals surface area contributed by atoms with Crippen molar-refractivity contribution in [2.24, 2.45) is 0 Å². The molecule has 1 amide bonds. The first-order valence-corrected chi connectivity index (χ1v) is 6.13. The molecule has 5 heteroatoms. The summed E-state index contributed by atoms with van der Waals surface area (Å²) in [5.41, 5.74) is 0. The number of hydrogen-bond acceptors (Lipinski definition) is 4. The zero-order valence-electron chi connectivity index (χ0n) is 9.36. The van der Waals surface area contributed by atoms with Gasteiger partial charge in [0.1, 0.15) is 6.04 Å². The molecule has 0 aromatic rings. The molecule has 0 radical (unpaired) electrons. The molecule has 0 bridgehead atoms. The number of amides is 1. The quantitative estimate of drug-likeness (QED) is 0.677. The first-order chi connectivity index (χ1) is 7.11. The van der Waals surface area contributed by atoms with E-state index in [1.807, 2.05) is 0 Å². The van der Waals surface area contributed by atoms with E-state index in [0.29, 0.717) is 6.54 Å². The number of hydrogen-bond donors (Lipinski definition) is 0. The average molecular weight is 231 g/mol. The van der Waals surface area contributed by atoms with Crippen LogP contribution in [-0.2, 0) is 14.3 Å². The molecule has 1 rings (SSSR count). The summed E-state index contributed by atoms with van der Waals surface area (Å²) in [4.78, 5) is 24.5. The molecule has 0 aromatic carbocycles. The van der Waals surface area contributed by atoms with E-state index in [4.69, 9.17) is 4.74 Å². The summed E-state index contributed by atoms with van der Waals surface area (Å²) in [6.45, 7) is 4.21. The standard InChI is InChI=1S/C10H17NO3S/c1-4-15-8-5-6-11(7(2)12)9(8)10(13)14-3/h8-9H,4-6H2,1-3H3/t8-,9-/m0/s1. The van der Waals surface area contributed by atoms with Crippen LogP contribution in [0, 0.1) is 0 Å². The minimum atomic E-state index is -0.391. The highest BCUT2D eigenvalue weighted by Gasteiger charge is 2.41. The van der Waals surface area contributed by atoms with E-state index >= 15 is 0 Å². The second-order valence-corrected chi connectivity index (χ2v) is 4.98. The van der Waals surface area contributed by atoms with E-state index in [0.717, 1.165) is 12.2 Å². The van der Waals surface area contributed by atoms with Crippen LogP contribution in [0.4, 0.5) is 0 Å². The van der Waals surface area contributed by atoms with Crippen molar-refractivity contribution in [2.45, 2.75) is 31.6 Å². The number of ether oxygens (including phenoxy) is 1. The monoisotopic (exact) mass is 231 g/mol. The van der Waals surface area contributed by atoms with Crippen LogP contribution in [0.15, 0.2) is 0 Å². The fraction of sp³-hybridized carbons (Fsp3) is 0.800. The maximum Gasteiger partial charge on any atom is 0.329 e. The molecule has 0 unspecified atom stereocenters. The van der Waals surface area contributed by atoms with Gasteiger partial charge in [0.25, 0.3) is 0 Å². The van der Waals surface area contributed by atoms with Crippen molar-refractivity contribution in [3.8, 4) is 0 Å². The van der Waals surface area contributed by atoms with E-state index in [1.54, 1.807) is 16.7 Å². The maximum absolute atomic E-state index is 11.6. The molecule has 15 heavy (non-hydrogen) atoms. The third-order valence-electron chi connectivity index (χ3n) is 2.57. The zero-order valence-corrected chi connectivity index (χ0v) is 10.2. The number of esters is 1. The van der Waals surface area contributed by atoms with Gasteiger partial charge in [-0.2, -0.15) is 11.8 Å². The fourth-order valence-corrected chi connectivity index (χ4v) is 3.05. The van der Waals surface area contributed by atoms with Gasteiger partial charge in [0.15, 0.2) is 0 Å². The second-order valence-electron chi connectivity index (χ2n) is 3.46. The Labute approximate surface area is 94.3 Å². The largest absolute Gasteiger partial charge is 0.467 e. The molecule has 0 aliphatic carbocycles. The predicted octanol–water partition coefficient (Wildman–Crippen LogP) is 0.902. The third-order valence-corrected chi connectivity index (χ3v) is 3.83. The molecule has 86 valence electrons. The van der Waals surface area contributed by atoms with Crippen LogP contribution in [0.2, 0.25) is 0 Å². The fourth-order valence-electron chi connectivity index (χ4n) is 1.91. The van der Waals surface area contributed by atoms with Crippen LogP contribution in [0.1, 0.15) is 20.3 Å². The van der Waals surface area contributed by atoms with Crippen LogP contribution in [0.5, 0.6) is 0 Å². The minimum absolute atomic E-state index is 0.0513. The summed E-state index contributed by atoms with van der Waals surface area (Å²) in [6, 6.07) is -0.391. The second kappa shape index (κ2) is 5.39. The lowest BCUT2D eigenvalue weighted by Gasteiger charge is -2.24. The molecule has 0 spiro atoms. The number of rotatable bonds is 3. The van der Waals surface area contributed by atoms with Crippen molar-refractivity contribution in [1.29, 1.82) is 0 Å². The van der Waals surface area contributed by atoms with Crippen molar-refractivity contribution < 1.29 is 14.3 Å². The molecule has 4 nitrogen and oxygen atoms in total. The number of carbonyl (C=O) groups excluding carboxylic acids is 2. The molecular formula is C10H17NO3S. The van der Waals surface area contributed by atoms with E-state index in [1.165, 1.54) is 14.0 Å². The number of carbonyl (C=O) groups is 2. The smallest absolute Gasteiger partial charge is 0.329 e. The Bertz CT molecular complexity index is 257. The van der Waals surface area contributed by atoms with Crippen LogP contribution in [-0.4, -0.2) is 47.5 Å². The maximum atomic E-state index is 11.6. The van der Waals surface area contributed by atoms with Gasteiger partial charge in [-0.15, -0.1) is 0 Å². The van der Waals surface area contributed by atoms with Crippen LogP contribution < -0.4 is 0 Å². The lowest BCUT2D eigenvalue weighted by atomic mass is 10.2. The zero-order chi connectivity index (χ0) is 11.4. The van der Waals surface area contributed by atoms with E-state index in [9.17, 15) is 9.59 Å². The average Bonchev–Trinajstić information content (AvgIpc) is 2.61. The molecule has 1 heterocycles. The molecule has 2 atom stereocenters. The van der Waals surface area contributed by atoms with Gasteiger partial charge in [-0.1, -0.05) is 6.92 Å². The third kappa shape index (κ3) is 2.65. The van der Waals surface area contributed by atoms with Crippen molar-refractivity contribution in [3.05, 3.63) is 0 Å². The highest BCUT2D eigenvalue weighted by atomic mass is 32.2. The Kier molecular flexibility index (Phi) is 4.45. The lowest BCUT2D eigenvalue weighted by Crippen LogP contribution is -2.44. The van der Waals surface area contributed by atoms with Crippen molar-refractivity contribution in [3.63, 3.8) is 0 Å². The SMILES string of the molecule is CCS[C@H]1CCN(C(C)=O)[C@@H]1C(=O)OC. The molecule has 0 N–H and O–H groups in total. The van der Waals surface area contributed by atoms with Gasteiger partial charge in [-0.05, 0) is 12.2 Å². The molecule has 0 saturated carbocycles. The highest BCUT2D eigenvalue weighted by Crippen LogP contribution is 2.29. The Morgan fingerprint density at radius 2 is 2.20 bits per heavy atom. The summed E-state index contributed by atoms with van der Waals surface area (Å²) < 4.78 is 4.74. The van der Waals surface area contributed by atoms with Gasteiger partial charge in [-0.25, -0.2) is 4.79 Å². The highest BCUT2D eigenvalue weighted by molar-refractivity contribution is 7.99. The van der Waals surface area contributed by atoms with Crippen LogP contribution >= 0.6 is 11.8 Å². The number of methoxy groups -OCH3 is 1. The Balaban J connectivity index is 2.77. The van der Waals surface area contributed by atoms with Crippen molar-refractivity contribution >= 4 is 23.6 Å². The van der Waals surface area contributed by atoms with Gasteiger partial charge in [0.2, 0.25) is 5.91 Å². The van der Waals surface area contributed by atoms with E-state index in [-0.39, 0.29) is 17.1 Å². The Hall–Kier alpha value is -0.710. The van der Waals surface area contributed by atoms with Gasteiger partial charge < -0.3 is 9.64 Å². The van der Waals surface area contributed by atoms with Gasteiger partial charge in [0.05, 0.1) is 7.11 Å². The van der Waals surface area contributed by atoms with Gasteiger partial charge >= 0.3 is 5.97 Å². The molecule has 1 fully saturated rings. The molecular weight excluding hydrogens is 214 g/mol. The summed E-state index contributed by atoms with van der Waals surface area (Å²) in [6.07, 6.45) is 0.873. The Morgan fingerprint density at radius 3 is 2.67 bits per heavy atom. The Morgan fingerprint density at radius 1 is 1.53 bits per heavy atom. The molecule has 0 aromatic heterocycles. The molecule has 1 saturated heterocycles. The normalized spacial score (nSPS) is 25.4. The molecule has 1 aliphatic rings. The first-order valence-electron chi connectivity index (χ1n) is 5.08. The van der Waals surface area contributed by atoms with Gasteiger partial charge in [0, 0.05) is 18.7 Å². The van der Waals surface area contributed by atoms with Crippen LogP contribution in [0.3, 0.4) is 0 Å². The lowest BCUT2D eigenvalue weighted by molar-refractivity contribution is -0.150. The first kappa shape index (κ1) is 12.4. The summed E-state index contributed by atoms with van der Waals surface area (Å²) in [5, 5.41) is 0.186. The van der Waals surface area contributed by atoms with Crippen molar-refractivity contribution in [1.82, 2.24) is 4.90 Å². The van der Waals surface area contributed by atoms with E-state index in [2.05, 4.69) is 6.92 Å².